The fourth-order valence-corrected chi connectivity index (χ4v) is 3.28. The zero-order valence-corrected chi connectivity index (χ0v) is 11.5. The summed E-state index contributed by atoms with van der Waals surface area (Å²) in [6.07, 6.45) is 4.36. The number of rotatable bonds is 2. The number of carbonyl (C=O) groups is 1. The Morgan fingerprint density at radius 2 is 2.00 bits per heavy atom. The van der Waals surface area contributed by atoms with Crippen molar-refractivity contribution in [3.8, 4) is 0 Å². The van der Waals surface area contributed by atoms with Crippen LogP contribution in [0.15, 0.2) is 0 Å². The van der Waals surface area contributed by atoms with Crippen molar-refractivity contribution >= 4 is 5.91 Å². The molecule has 98 valence electrons. The average molecular weight is 238 g/mol. The van der Waals surface area contributed by atoms with Crippen molar-refractivity contribution in [1.82, 2.24) is 10.2 Å². The minimum Gasteiger partial charge on any atom is -0.339 e. The minimum absolute atomic E-state index is 0.108. The first-order valence-corrected chi connectivity index (χ1v) is 7.06. The maximum absolute atomic E-state index is 12.7. The van der Waals surface area contributed by atoms with E-state index >= 15 is 0 Å². The molecule has 3 heteroatoms. The van der Waals surface area contributed by atoms with E-state index in [0.717, 1.165) is 32.5 Å². The lowest BCUT2D eigenvalue weighted by atomic mass is 9.79. The van der Waals surface area contributed by atoms with Crippen LogP contribution >= 0.6 is 0 Å². The van der Waals surface area contributed by atoms with Crippen LogP contribution in [0.2, 0.25) is 0 Å². The van der Waals surface area contributed by atoms with E-state index in [9.17, 15) is 4.79 Å². The molecule has 2 aliphatic rings. The van der Waals surface area contributed by atoms with E-state index in [1.165, 1.54) is 12.8 Å². The Bertz CT molecular complexity index is 282. The highest BCUT2D eigenvalue weighted by molar-refractivity contribution is 5.83. The van der Waals surface area contributed by atoms with Crippen LogP contribution in [0.4, 0.5) is 0 Å². The molecule has 0 aromatic carbocycles. The lowest BCUT2D eigenvalue weighted by Gasteiger charge is -2.39. The molecule has 2 rings (SSSR count). The van der Waals surface area contributed by atoms with Gasteiger partial charge in [0.2, 0.25) is 5.91 Å². The normalized spacial score (nSPS) is 28.7. The number of hydrogen-bond acceptors (Lipinski definition) is 2. The van der Waals surface area contributed by atoms with Gasteiger partial charge >= 0.3 is 0 Å². The maximum atomic E-state index is 12.7. The van der Waals surface area contributed by atoms with E-state index in [2.05, 4.69) is 31.0 Å². The van der Waals surface area contributed by atoms with Crippen molar-refractivity contribution in [2.24, 2.45) is 11.3 Å². The SMILES string of the molecule is CC(C)C1CCCN1C(=O)C1(C)CCNCC1. The van der Waals surface area contributed by atoms with Gasteiger partial charge in [0, 0.05) is 18.0 Å². The van der Waals surface area contributed by atoms with Gasteiger partial charge in [-0.25, -0.2) is 0 Å². The van der Waals surface area contributed by atoms with Gasteiger partial charge in [0.15, 0.2) is 0 Å². The van der Waals surface area contributed by atoms with Crippen LogP contribution in [0.3, 0.4) is 0 Å². The second kappa shape index (κ2) is 4.97. The first-order chi connectivity index (χ1) is 8.04. The Hall–Kier alpha value is -0.570. The molecule has 2 heterocycles. The second-order valence-corrected chi connectivity index (χ2v) is 6.26. The zero-order chi connectivity index (χ0) is 12.5. The van der Waals surface area contributed by atoms with Crippen LogP contribution in [0.5, 0.6) is 0 Å². The van der Waals surface area contributed by atoms with Gasteiger partial charge in [0.05, 0.1) is 0 Å². The van der Waals surface area contributed by atoms with Crippen molar-refractivity contribution in [3.63, 3.8) is 0 Å². The monoisotopic (exact) mass is 238 g/mol. The fourth-order valence-electron chi connectivity index (χ4n) is 3.28. The van der Waals surface area contributed by atoms with Crippen LogP contribution in [-0.4, -0.2) is 36.5 Å². The third kappa shape index (κ3) is 2.49. The molecule has 17 heavy (non-hydrogen) atoms. The van der Waals surface area contributed by atoms with E-state index in [1.54, 1.807) is 0 Å². The summed E-state index contributed by atoms with van der Waals surface area (Å²) in [6, 6.07) is 0.481. The topological polar surface area (TPSA) is 32.3 Å². The summed E-state index contributed by atoms with van der Waals surface area (Å²) < 4.78 is 0. The van der Waals surface area contributed by atoms with Crippen LogP contribution in [0, 0.1) is 11.3 Å². The number of hydrogen-bond donors (Lipinski definition) is 1. The van der Waals surface area contributed by atoms with E-state index in [0.29, 0.717) is 17.9 Å². The molecule has 2 fully saturated rings. The zero-order valence-electron chi connectivity index (χ0n) is 11.5. The predicted molar refractivity (Wildman–Crippen MR) is 69.8 cm³/mol. The molecule has 0 aliphatic carbocycles. The standard InChI is InChI=1S/C14H26N2O/c1-11(2)12-5-4-10-16(12)13(17)14(3)6-8-15-9-7-14/h11-12,15H,4-10H2,1-3H3. The minimum atomic E-state index is -0.108. The Kier molecular flexibility index (Phi) is 3.76. The highest BCUT2D eigenvalue weighted by Gasteiger charge is 2.41. The van der Waals surface area contributed by atoms with Crippen molar-refractivity contribution in [3.05, 3.63) is 0 Å². The Labute approximate surface area is 105 Å². The molecule has 0 bridgehead atoms. The van der Waals surface area contributed by atoms with Gasteiger partial charge in [-0.1, -0.05) is 20.8 Å². The Balaban J connectivity index is 2.08. The number of amides is 1. The number of piperidine rings is 1. The number of likely N-dealkylation sites (tertiary alicyclic amines) is 1. The van der Waals surface area contributed by atoms with Gasteiger partial charge in [0.25, 0.3) is 0 Å². The second-order valence-electron chi connectivity index (χ2n) is 6.26. The maximum Gasteiger partial charge on any atom is 0.228 e. The molecule has 1 unspecified atom stereocenters. The third-order valence-electron chi connectivity index (χ3n) is 4.55. The molecule has 0 aromatic rings. The van der Waals surface area contributed by atoms with Crippen LogP contribution in [-0.2, 0) is 4.79 Å². The van der Waals surface area contributed by atoms with Gasteiger partial charge in [-0.15, -0.1) is 0 Å². The quantitative estimate of drug-likeness (QED) is 0.798. The first-order valence-electron chi connectivity index (χ1n) is 7.06. The number of nitrogens with zero attached hydrogens (tertiary/aromatic N) is 1. The molecule has 2 aliphatic heterocycles. The van der Waals surface area contributed by atoms with E-state index in [4.69, 9.17) is 0 Å². The van der Waals surface area contributed by atoms with Crippen molar-refractivity contribution in [2.45, 2.75) is 52.5 Å². The van der Waals surface area contributed by atoms with E-state index in [-0.39, 0.29) is 5.41 Å². The summed E-state index contributed by atoms with van der Waals surface area (Å²) in [5.74, 6) is 1.00. The van der Waals surface area contributed by atoms with Gasteiger partial charge in [-0.2, -0.15) is 0 Å². The van der Waals surface area contributed by atoms with Crippen molar-refractivity contribution < 1.29 is 4.79 Å². The highest BCUT2D eigenvalue weighted by Crippen LogP contribution is 2.34. The summed E-state index contributed by atoms with van der Waals surface area (Å²) in [5, 5.41) is 3.35. The molecule has 1 amide bonds. The van der Waals surface area contributed by atoms with Gasteiger partial charge in [-0.05, 0) is 44.7 Å². The molecular formula is C14H26N2O. The molecule has 1 N–H and O–H groups in total. The molecule has 1 atom stereocenters. The van der Waals surface area contributed by atoms with Gasteiger partial charge in [-0.3, -0.25) is 4.79 Å². The van der Waals surface area contributed by atoms with Gasteiger partial charge < -0.3 is 10.2 Å². The van der Waals surface area contributed by atoms with Gasteiger partial charge in [0.1, 0.15) is 0 Å². The van der Waals surface area contributed by atoms with Crippen LogP contribution < -0.4 is 5.32 Å². The van der Waals surface area contributed by atoms with Crippen LogP contribution in [0.1, 0.15) is 46.5 Å². The smallest absolute Gasteiger partial charge is 0.228 e. The average Bonchev–Trinajstić information content (AvgIpc) is 2.77. The number of carbonyl (C=O) groups excluding carboxylic acids is 1. The molecule has 3 nitrogen and oxygen atoms in total. The molecule has 0 aromatic heterocycles. The number of nitrogens with one attached hydrogen (secondary N) is 1. The first kappa shape index (κ1) is 12.9. The van der Waals surface area contributed by atoms with Crippen molar-refractivity contribution in [2.75, 3.05) is 19.6 Å². The molecule has 0 saturated carbocycles. The Morgan fingerprint density at radius 1 is 1.35 bits per heavy atom. The van der Waals surface area contributed by atoms with Crippen LogP contribution in [0.25, 0.3) is 0 Å². The molecule has 0 spiro atoms. The summed E-state index contributed by atoms with van der Waals surface area (Å²) in [7, 11) is 0. The lowest BCUT2D eigenvalue weighted by Crippen LogP contribution is -2.50. The summed E-state index contributed by atoms with van der Waals surface area (Å²) >= 11 is 0. The van der Waals surface area contributed by atoms with E-state index < -0.39 is 0 Å². The molecular weight excluding hydrogens is 212 g/mol. The molecule has 0 radical (unpaired) electrons. The summed E-state index contributed by atoms with van der Waals surface area (Å²) in [6.45, 7) is 9.59. The van der Waals surface area contributed by atoms with E-state index in [1.807, 2.05) is 0 Å². The largest absolute Gasteiger partial charge is 0.339 e. The molecule has 2 saturated heterocycles. The fraction of sp³-hybridized carbons (Fsp3) is 0.929. The third-order valence-corrected chi connectivity index (χ3v) is 4.55. The highest BCUT2D eigenvalue weighted by atomic mass is 16.2. The summed E-state index contributed by atoms with van der Waals surface area (Å²) in [5.41, 5.74) is -0.108. The summed E-state index contributed by atoms with van der Waals surface area (Å²) in [4.78, 5) is 14.9. The Morgan fingerprint density at radius 3 is 2.59 bits per heavy atom. The lowest BCUT2D eigenvalue weighted by molar-refractivity contribution is -0.144. The predicted octanol–water partition coefficient (Wildman–Crippen LogP) is 2.02. The van der Waals surface area contributed by atoms with Crippen molar-refractivity contribution in [1.29, 1.82) is 0 Å².